The lowest BCUT2D eigenvalue weighted by Crippen LogP contribution is -2.34. The van der Waals surface area contributed by atoms with Crippen LogP contribution in [-0.4, -0.2) is 17.3 Å². The van der Waals surface area contributed by atoms with E-state index in [1.54, 1.807) is 0 Å². The van der Waals surface area contributed by atoms with Crippen LogP contribution in [0.25, 0.3) is 0 Å². The van der Waals surface area contributed by atoms with Crippen molar-refractivity contribution in [2.75, 3.05) is 6.61 Å². The lowest BCUT2D eigenvalue weighted by Gasteiger charge is -2.20. The van der Waals surface area contributed by atoms with Gasteiger partial charge >= 0.3 is 0 Å². The molecule has 2 nitrogen and oxygen atoms in total. The summed E-state index contributed by atoms with van der Waals surface area (Å²) in [5.41, 5.74) is 3.33. The topological polar surface area (TPSA) is 29.5 Å². The summed E-state index contributed by atoms with van der Waals surface area (Å²) in [7, 11) is 0. The van der Waals surface area contributed by atoms with Gasteiger partial charge < -0.3 is 9.84 Å². The summed E-state index contributed by atoms with van der Waals surface area (Å²) in [5.74, 6) is 0.935. The van der Waals surface area contributed by atoms with Gasteiger partial charge in [0.15, 0.2) is 0 Å². The molecule has 0 unspecified atom stereocenters. The maximum Gasteiger partial charge on any atom is 0.133 e. The van der Waals surface area contributed by atoms with Gasteiger partial charge in [-0.15, -0.1) is 0 Å². The van der Waals surface area contributed by atoms with Gasteiger partial charge in [-0.25, -0.2) is 0 Å². The maximum atomic E-state index is 9.21. The Morgan fingerprint density at radius 2 is 2.00 bits per heavy atom. The molecule has 0 bridgehead atoms. The van der Waals surface area contributed by atoms with Crippen molar-refractivity contribution in [2.24, 2.45) is 0 Å². The molecule has 0 saturated carbocycles. The fraction of sp³-hybridized carbons (Fsp3) is 0.500. The van der Waals surface area contributed by atoms with Gasteiger partial charge in [0.1, 0.15) is 11.4 Å². The van der Waals surface area contributed by atoms with Gasteiger partial charge in [-0.1, -0.05) is 6.07 Å². The van der Waals surface area contributed by atoms with E-state index in [1.807, 2.05) is 6.92 Å². The predicted octanol–water partition coefficient (Wildman–Crippen LogP) is 1.99. The third-order valence-corrected chi connectivity index (χ3v) is 2.93. The Morgan fingerprint density at radius 3 is 2.64 bits per heavy atom. The molecule has 0 aliphatic carbocycles. The van der Waals surface area contributed by atoms with Crippen molar-refractivity contribution in [3.63, 3.8) is 0 Å². The summed E-state index contributed by atoms with van der Waals surface area (Å²) in [6.07, 6.45) is 0.806. The van der Waals surface area contributed by atoms with Gasteiger partial charge in [0.2, 0.25) is 0 Å². The van der Waals surface area contributed by atoms with Gasteiger partial charge in [0.05, 0.1) is 6.61 Å². The van der Waals surface area contributed by atoms with Crippen LogP contribution in [0, 0.1) is 13.8 Å². The number of hydrogen-bond acceptors (Lipinski definition) is 2. The molecule has 14 heavy (non-hydrogen) atoms. The number of benzene rings is 1. The minimum absolute atomic E-state index is 0.0692. The number of hydrogen-bond donors (Lipinski definition) is 1. The second kappa shape index (κ2) is 2.99. The van der Waals surface area contributed by atoms with Crippen LogP contribution in [0.2, 0.25) is 0 Å². The molecule has 0 radical (unpaired) electrons. The summed E-state index contributed by atoms with van der Waals surface area (Å²) >= 11 is 0. The van der Waals surface area contributed by atoms with Crippen LogP contribution >= 0.6 is 0 Å². The summed E-state index contributed by atoms with van der Waals surface area (Å²) < 4.78 is 5.73. The third-order valence-electron chi connectivity index (χ3n) is 2.93. The molecule has 2 rings (SSSR count). The van der Waals surface area contributed by atoms with Crippen molar-refractivity contribution >= 4 is 0 Å². The van der Waals surface area contributed by atoms with Gasteiger partial charge in [-0.2, -0.15) is 0 Å². The largest absolute Gasteiger partial charge is 0.485 e. The molecule has 1 aromatic carbocycles. The first kappa shape index (κ1) is 9.53. The Labute approximate surface area is 84.5 Å². The number of aryl methyl sites for hydroxylation is 2. The van der Waals surface area contributed by atoms with Gasteiger partial charge in [0, 0.05) is 6.42 Å². The van der Waals surface area contributed by atoms with Crippen LogP contribution in [0.15, 0.2) is 12.1 Å². The van der Waals surface area contributed by atoms with Crippen molar-refractivity contribution in [3.8, 4) is 5.75 Å². The SMILES string of the molecule is Cc1cc2c(cc1C)O[C@@](C)(CO)C2. The molecular formula is C12H16O2. The summed E-state index contributed by atoms with van der Waals surface area (Å²) in [6, 6.07) is 4.22. The second-order valence-corrected chi connectivity index (χ2v) is 4.43. The van der Waals surface area contributed by atoms with Gasteiger partial charge in [0.25, 0.3) is 0 Å². The quantitative estimate of drug-likeness (QED) is 0.737. The predicted molar refractivity (Wildman–Crippen MR) is 55.7 cm³/mol. The van der Waals surface area contributed by atoms with E-state index in [9.17, 15) is 5.11 Å². The van der Waals surface area contributed by atoms with E-state index >= 15 is 0 Å². The Bertz CT molecular complexity index is 338. The molecule has 1 aliphatic rings. The zero-order chi connectivity index (χ0) is 10.3. The first-order chi connectivity index (χ1) is 6.54. The third kappa shape index (κ3) is 1.40. The first-order valence-corrected chi connectivity index (χ1v) is 4.94. The van der Waals surface area contributed by atoms with Crippen molar-refractivity contribution < 1.29 is 9.84 Å². The van der Waals surface area contributed by atoms with E-state index in [4.69, 9.17) is 4.74 Å². The van der Waals surface area contributed by atoms with Crippen LogP contribution < -0.4 is 4.74 Å². The minimum atomic E-state index is -0.414. The fourth-order valence-corrected chi connectivity index (χ4v) is 1.88. The molecule has 1 aromatic rings. The van der Waals surface area contributed by atoms with Crippen molar-refractivity contribution in [1.82, 2.24) is 0 Å². The standard InChI is InChI=1S/C12H16O2/c1-8-4-10-6-12(3,7-13)14-11(10)5-9(8)2/h4-5,13H,6-7H2,1-3H3/t12-/m1/s1. The molecule has 1 aliphatic heterocycles. The van der Waals surface area contributed by atoms with E-state index in [1.165, 1.54) is 16.7 Å². The van der Waals surface area contributed by atoms with Crippen molar-refractivity contribution in [3.05, 3.63) is 28.8 Å². The van der Waals surface area contributed by atoms with Crippen LogP contribution in [0.4, 0.5) is 0 Å². The maximum absolute atomic E-state index is 9.21. The highest BCUT2D eigenvalue weighted by Gasteiger charge is 2.34. The summed E-state index contributed by atoms with van der Waals surface area (Å²) in [5, 5.41) is 9.21. The molecule has 0 amide bonds. The molecule has 0 spiro atoms. The van der Waals surface area contributed by atoms with Crippen molar-refractivity contribution in [2.45, 2.75) is 32.8 Å². The Morgan fingerprint density at radius 1 is 1.36 bits per heavy atom. The van der Waals surface area contributed by atoms with Gasteiger partial charge in [-0.3, -0.25) is 0 Å². The number of aliphatic hydroxyl groups excluding tert-OH is 1. The number of aliphatic hydroxyl groups is 1. The molecule has 76 valence electrons. The first-order valence-electron chi connectivity index (χ1n) is 4.94. The van der Waals surface area contributed by atoms with Crippen LogP contribution in [0.1, 0.15) is 23.6 Å². The highest BCUT2D eigenvalue weighted by Crippen LogP contribution is 2.36. The van der Waals surface area contributed by atoms with Crippen molar-refractivity contribution in [1.29, 1.82) is 0 Å². The highest BCUT2D eigenvalue weighted by atomic mass is 16.5. The average molecular weight is 192 g/mol. The fourth-order valence-electron chi connectivity index (χ4n) is 1.88. The zero-order valence-corrected chi connectivity index (χ0v) is 8.92. The van der Waals surface area contributed by atoms with E-state index < -0.39 is 5.60 Å². The number of fused-ring (bicyclic) bond motifs is 1. The smallest absolute Gasteiger partial charge is 0.133 e. The average Bonchev–Trinajstić information content (AvgIpc) is 2.43. The molecule has 0 fully saturated rings. The van der Waals surface area contributed by atoms with Crippen LogP contribution in [-0.2, 0) is 6.42 Å². The Balaban J connectivity index is 2.41. The number of ether oxygens (including phenoxy) is 1. The van der Waals surface area contributed by atoms with E-state index in [0.29, 0.717) is 0 Å². The molecule has 2 heteroatoms. The highest BCUT2D eigenvalue weighted by molar-refractivity contribution is 5.45. The van der Waals surface area contributed by atoms with Gasteiger partial charge in [-0.05, 0) is 43.5 Å². The summed E-state index contributed by atoms with van der Waals surface area (Å²) in [4.78, 5) is 0. The second-order valence-electron chi connectivity index (χ2n) is 4.43. The van der Waals surface area contributed by atoms with Crippen LogP contribution in [0.5, 0.6) is 5.75 Å². The minimum Gasteiger partial charge on any atom is -0.485 e. The van der Waals surface area contributed by atoms with E-state index in [0.717, 1.165) is 12.2 Å². The zero-order valence-electron chi connectivity index (χ0n) is 8.92. The molecule has 1 N–H and O–H groups in total. The Kier molecular flexibility index (Phi) is 2.04. The molecular weight excluding hydrogens is 176 g/mol. The molecule has 0 saturated heterocycles. The summed E-state index contributed by atoms with van der Waals surface area (Å²) in [6.45, 7) is 6.19. The van der Waals surface area contributed by atoms with Crippen LogP contribution in [0.3, 0.4) is 0 Å². The molecule has 1 atom stereocenters. The Hall–Kier alpha value is -1.02. The lowest BCUT2D eigenvalue weighted by atomic mass is 9.98. The molecule has 1 heterocycles. The lowest BCUT2D eigenvalue weighted by molar-refractivity contribution is 0.0446. The monoisotopic (exact) mass is 192 g/mol. The van der Waals surface area contributed by atoms with E-state index in [2.05, 4.69) is 26.0 Å². The molecule has 0 aromatic heterocycles. The normalized spacial score (nSPS) is 24.6. The van der Waals surface area contributed by atoms with E-state index in [-0.39, 0.29) is 6.61 Å². The number of rotatable bonds is 1.